The van der Waals surface area contributed by atoms with E-state index < -0.39 is 6.10 Å². The first kappa shape index (κ1) is 15.8. The summed E-state index contributed by atoms with van der Waals surface area (Å²) in [4.78, 5) is 0. The third-order valence-corrected chi connectivity index (χ3v) is 3.20. The van der Waals surface area contributed by atoms with Gasteiger partial charge in [-0.25, -0.2) is 0 Å². The van der Waals surface area contributed by atoms with E-state index in [0.717, 1.165) is 6.42 Å². The summed E-state index contributed by atoms with van der Waals surface area (Å²) >= 11 is 0. The van der Waals surface area contributed by atoms with Crippen LogP contribution in [-0.2, 0) is 0 Å². The molecule has 1 atom stereocenters. The number of β-amino-alcohol motifs (C(OH)–C–C–N with tert-alkyl or cyclic N) is 1. The smallest absolute Gasteiger partial charge is 0.161 e. The van der Waals surface area contributed by atoms with Crippen molar-refractivity contribution in [3.05, 3.63) is 24.3 Å². The van der Waals surface area contributed by atoms with E-state index in [1.54, 1.807) is 7.11 Å². The largest absolute Gasteiger partial charge is 0.493 e. The van der Waals surface area contributed by atoms with E-state index in [9.17, 15) is 5.11 Å². The van der Waals surface area contributed by atoms with E-state index in [1.165, 1.54) is 0 Å². The minimum Gasteiger partial charge on any atom is -0.493 e. The highest BCUT2D eigenvalue weighted by molar-refractivity contribution is 5.39. The number of para-hydroxylation sites is 2. The lowest BCUT2D eigenvalue weighted by Gasteiger charge is -2.26. The third-order valence-electron chi connectivity index (χ3n) is 3.20. The summed E-state index contributed by atoms with van der Waals surface area (Å²) in [5.74, 6) is 1.33. The van der Waals surface area contributed by atoms with Crippen LogP contribution in [0.25, 0.3) is 0 Å². The number of ether oxygens (including phenoxy) is 2. The van der Waals surface area contributed by atoms with Crippen molar-refractivity contribution in [2.75, 3.05) is 20.3 Å². The summed E-state index contributed by atoms with van der Waals surface area (Å²) in [5.41, 5.74) is 0.0332. The second-order valence-electron chi connectivity index (χ2n) is 5.23. The van der Waals surface area contributed by atoms with Crippen LogP contribution in [0.4, 0.5) is 0 Å². The SMILES string of the molecule is CCC(C)(C)NCC(O)COc1ccccc1OC. The predicted octanol–water partition coefficient (Wildman–Crippen LogP) is 2.21. The van der Waals surface area contributed by atoms with Crippen molar-refractivity contribution >= 4 is 0 Å². The predicted molar refractivity (Wildman–Crippen MR) is 76.9 cm³/mol. The lowest BCUT2D eigenvalue weighted by molar-refractivity contribution is 0.0970. The molecule has 0 bridgehead atoms. The monoisotopic (exact) mass is 267 g/mol. The molecule has 0 fully saturated rings. The topological polar surface area (TPSA) is 50.7 Å². The van der Waals surface area contributed by atoms with Gasteiger partial charge in [0.2, 0.25) is 0 Å². The van der Waals surface area contributed by atoms with Crippen LogP contribution in [0.5, 0.6) is 11.5 Å². The highest BCUT2D eigenvalue weighted by atomic mass is 16.5. The van der Waals surface area contributed by atoms with Gasteiger partial charge >= 0.3 is 0 Å². The number of aliphatic hydroxyl groups excluding tert-OH is 1. The van der Waals surface area contributed by atoms with Crippen molar-refractivity contribution in [2.24, 2.45) is 0 Å². The van der Waals surface area contributed by atoms with E-state index in [4.69, 9.17) is 9.47 Å². The molecule has 0 saturated carbocycles. The molecule has 0 radical (unpaired) electrons. The summed E-state index contributed by atoms with van der Waals surface area (Å²) < 4.78 is 10.8. The van der Waals surface area contributed by atoms with E-state index in [1.807, 2.05) is 24.3 Å². The number of hydrogen-bond donors (Lipinski definition) is 2. The number of rotatable bonds is 8. The first-order valence-electron chi connectivity index (χ1n) is 6.67. The lowest BCUT2D eigenvalue weighted by Crippen LogP contribution is -2.44. The van der Waals surface area contributed by atoms with Crippen molar-refractivity contribution in [1.29, 1.82) is 0 Å². The maximum atomic E-state index is 9.90. The highest BCUT2D eigenvalue weighted by Gasteiger charge is 2.16. The molecule has 1 aromatic rings. The maximum Gasteiger partial charge on any atom is 0.161 e. The van der Waals surface area contributed by atoms with Crippen molar-refractivity contribution in [2.45, 2.75) is 38.8 Å². The summed E-state index contributed by atoms with van der Waals surface area (Å²) in [5, 5.41) is 13.2. The molecule has 19 heavy (non-hydrogen) atoms. The molecule has 0 amide bonds. The fraction of sp³-hybridized carbons (Fsp3) is 0.600. The quantitative estimate of drug-likeness (QED) is 0.758. The molecule has 1 aromatic carbocycles. The Morgan fingerprint density at radius 1 is 1.26 bits per heavy atom. The molecule has 4 heteroatoms. The van der Waals surface area contributed by atoms with Gasteiger partial charge in [0.05, 0.1) is 7.11 Å². The van der Waals surface area contributed by atoms with E-state index in [-0.39, 0.29) is 12.1 Å². The van der Waals surface area contributed by atoms with Gasteiger partial charge in [0, 0.05) is 12.1 Å². The van der Waals surface area contributed by atoms with Crippen molar-refractivity contribution < 1.29 is 14.6 Å². The number of nitrogens with one attached hydrogen (secondary N) is 1. The Morgan fingerprint density at radius 2 is 1.89 bits per heavy atom. The Balaban J connectivity index is 2.40. The van der Waals surface area contributed by atoms with Crippen LogP contribution in [0.2, 0.25) is 0 Å². The number of aliphatic hydroxyl groups is 1. The summed E-state index contributed by atoms with van der Waals surface area (Å²) in [6.07, 6.45) is 0.461. The first-order valence-corrected chi connectivity index (χ1v) is 6.67. The molecule has 2 N–H and O–H groups in total. The van der Waals surface area contributed by atoms with Crippen LogP contribution >= 0.6 is 0 Å². The summed E-state index contributed by atoms with van der Waals surface area (Å²) in [6, 6.07) is 7.42. The highest BCUT2D eigenvalue weighted by Crippen LogP contribution is 2.25. The van der Waals surface area contributed by atoms with Gasteiger partial charge < -0.3 is 19.9 Å². The lowest BCUT2D eigenvalue weighted by atomic mass is 10.0. The molecular weight excluding hydrogens is 242 g/mol. The van der Waals surface area contributed by atoms with Gasteiger partial charge in [0.1, 0.15) is 12.7 Å². The molecule has 0 heterocycles. The Bertz CT molecular complexity index is 379. The molecule has 0 aliphatic heterocycles. The first-order chi connectivity index (χ1) is 8.98. The normalized spacial score (nSPS) is 13.1. The van der Waals surface area contributed by atoms with Gasteiger partial charge in [-0.2, -0.15) is 0 Å². The molecule has 0 aliphatic rings. The van der Waals surface area contributed by atoms with E-state index in [2.05, 4.69) is 26.1 Å². The number of methoxy groups -OCH3 is 1. The Kier molecular flexibility index (Phi) is 6.12. The van der Waals surface area contributed by atoms with Crippen molar-refractivity contribution in [3.8, 4) is 11.5 Å². The van der Waals surface area contributed by atoms with Crippen LogP contribution in [0.1, 0.15) is 27.2 Å². The van der Waals surface area contributed by atoms with Gasteiger partial charge in [-0.05, 0) is 32.4 Å². The van der Waals surface area contributed by atoms with E-state index in [0.29, 0.717) is 18.0 Å². The zero-order valence-corrected chi connectivity index (χ0v) is 12.3. The number of hydrogen-bond acceptors (Lipinski definition) is 4. The average Bonchev–Trinajstić information content (AvgIpc) is 2.43. The number of benzene rings is 1. The fourth-order valence-corrected chi connectivity index (χ4v) is 1.50. The van der Waals surface area contributed by atoms with Gasteiger partial charge in [-0.3, -0.25) is 0 Å². The van der Waals surface area contributed by atoms with Gasteiger partial charge in [0.25, 0.3) is 0 Å². The molecular formula is C15H25NO3. The molecule has 1 rings (SSSR count). The van der Waals surface area contributed by atoms with Crippen LogP contribution in [0, 0.1) is 0 Å². The van der Waals surface area contributed by atoms with Gasteiger partial charge in [0.15, 0.2) is 11.5 Å². The fourth-order valence-electron chi connectivity index (χ4n) is 1.50. The van der Waals surface area contributed by atoms with Gasteiger partial charge in [-0.15, -0.1) is 0 Å². The molecule has 0 aromatic heterocycles. The van der Waals surface area contributed by atoms with Crippen LogP contribution in [-0.4, -0.2) is 37.0 Å². The third kappa shape index (κ3) is 5.49. The molecule has 0 saturated heterocycles. The molecule has 4 nitrogen and oxygen atoms in total. The van der Waals surface area contributed by atoms with Crippen LogP contribution < -0.4 is 14.8 Å². The Labute approximate surface area is 115 Å². The zero-order chi connectivity index (χ0) is 14.3. The van der Waals surface area contributed by atoms with E-state index >= 15 is 0 Å². The Hall–Kier alpha value is -1.26. The second kappa shape index (κ2) is 7.36. The Morgan fingerprint density at radius 3 is 2.47 bits per heavy atom. The summed E-state index contributed by atoms with van der Waals surface area (Å²) in [7, 11) is 1.60. The second-order valence-corrected chi connectivity index (χ2v) is 5.23. The minimum absolute atomic E-state index is 0.0332. The summed E-state index contributed by atoms with van der Waals surface area (Å²) in [6.45, 7) is 7.09. The molecule has 0 spiro atoms. The van der Waals surface area contributed by atoms with Crippen molar-refractivity contribution in [1.82, 2.24) is 5.32 Å². The standard InChI is InChI=1S/C15H25NO3/c1-5-15(2,3)16-10-12(17)11-19-14-9-7-6-8-13(14)18-4/h6-9,12,16-17H,5,10-11H2,1-4H3. The molecule has 0 aliphatic carbocycles. The van der Waals surface area contributed by atoms with Crippen molar-refractivity contribution in [3.63, 3.8) is 0 Å². The van der Waals surface area contributed by atoms with Gasteiger partial charge in [-0.1, -0.05) is 19.1 Å². The maximum absolute atomic E-state index is 9.90. The minimum atomic E-state index is -0.546. The zero-order valence-electron chi connectivity index (χ0n) is 12.3. The van der Waals surface area contributed by atoms with Crippen LogP contribution in [0.15, 0.2) is 24.3 Å². The average molecular weight is 267 g/mol. The van der Waals surface area contributed by atoms with Crippen LogP contribution in [0.3, 0.4) is 0 Å². The molecule has 108 valence electrons. The molecule has 1 unspecified atom stereocenters.